The van der Waals surface area contributed by atoms with Gasteiger partial charge in [0, 0.05) is 5.39 Å². The third-order valence-corrected chi connectivity index (χ3v) is 2.27. The lowest BCUT2D eigenvalue weighted by atomic mass is 10.2. The summed E-state index contributed by atoms with van der Waals surface area (Å²) in [5, 5.41) is 12.7. The van der Waals surface area contributed by atoms with E-state index in [-0.39, 0.29) is 0 Å². The van der Waals surface area contributed by atoms with Crippen LogP contribution in [0.15, 0.2) is 47.6 Å². The minimum absolute atomic E-state index is 0.551. The summed E-state index contributed by atoms with van der Waals surface area (Å²) in [6, 6.07) is 11.9. The highest BCUT2D eigenvalue weighted by Crippen LogP contribution is 2.12. The molecule has 0 amide bonds. The monoisotopic (exact) mass is 212 g/mol. The van der Waals surface area contributed by atoms with Crippen molar-refractivity contribution in [2.24, 2.45) is 5.16 Å². The maximum absolute atomic E-state index is 8.50. The van der Waals surface area contributed by atoms with Gasteiger partial charge in [-0.15, -0.1) is 0 Å². The summed E-state index contributed by atoms with van der Waals surface area (Å²) >= 11 is 0. The molecule has 1 aromatic heterocycles. The van der Waals surface area contributed by atoms with Crippen LogP contribution in [0, 0.1) is 0 Å². The first-order valence-corrected chi connectivity index (χ1v) is 5.02. The van der Waals surface area contributed by atoms with Crippen molar-refractivity contribution in [3.8, 4) is 0 Å². The second-order valence-electron chi connectivity index (χ2n) is 3.50. The maximum Gasteiger partial charge on any atom is 0.0765 e. The van der Waals surface area contributed by atoms with Gasteiger partial charge in [0.2, 0.25) is 0 Å². The van der Waals surface area contributed by atoms with Crippen LogP contribution in [0.1, 0.15) is 12.6 Å². The Kier molecular flexibility index (Phi) is 2.96. The molecule has 0 saturated heterocycles. The first-order valence-electron chi connectivity index (χ1n) is 5.02. The van der Waals surface area contributed by atoms with Crippen molar-refractivity contribution in [1.82, 2.24) is 4.98 Å². The first kappa shape index (κ1) is 10.4. The Balaban J connectivity index is 2.36. The van der Waals surface area contributed by atoms with Crippen molar-refractivity contribution in [3.05, 3.63) is 48.2 Å². The highest BCUT2D eigenvalue weighted by atomic mass is 16.4. The molecule has 1 N–H and O–H groups in total. The van der Waals surface area contributed by atoms with E-state index in [1.165, 1.54) is 0 Å². The van der Waals surface area contributed by atoms with Gasteiger partial charge in [0.1, 0.15) is 0 Å². The molecular formula is C13H12N2O. The summed E-state index contributed by atoms with van der Waals surface area (Å²) in [7, 11) is 0. The second kappa shape index (κ2) is 4.57. The number of aromatic nitrogens is 1. The van der Waals surface area contributed by atoms with Gasteiger partial charge < -0.3 is 5.21 Å². The summed E-state index contributed by atoms with van der Waals surface area (Å²) in [5.74, 6) is 0. The number of nitrogens with zero attached hydrogens (tertiary/aromatic N) is 2. The summed E-state index contributed by atoms with van der Waals surface area (Å²) in [4.78, 5) is 4.46. The number of allylic oxidation sites excluding steroid dienone is 1. The Morgan fingerprint density at radius 1 is 1.25 bits per heavy atom. The van der Waals surface area contributed by atoms with Gasteiger partial charge in [-0.3, -0.25) is 0 Å². The van der Waals surface area contributed by atoms with Crippen LogP contribution in [0.4, 0.5) is 0 Å². The highest BCUT2D eigenvalue weighted by Gasteiger charge is 1.94. The third kappa shape index (κ3) is 2.25. The lowest BCUT2D eigenvalue weighted by molar-refractivity contribution is 0.319. The summed E-state index contributed by atoms with van der Waals surface area (Å²) in [6.45, 7) is 1.72. The van der Waals surface area contributed by atoms with Gasteiger partial charge in [0.25, 0.3) is 0 Å². The summed E-state index contributed by atoms with van der Waals surface area (Å²) in [6.07, 6.45) is 3.54. The molecule has 0 bridgehead atoms. The van der Waals surface area contributed by atoms with Crippen LogP contribution < -0.4 is 0 Å². The van der Waals surface area contributed by atoms with E-state index in [4.69, 9.17) is 5.21 Å². The molecule has 0 aliphatic rings. The lowest BCUT2D eigenvalue weighted by Crippen LogP contribution is -1.86. The predicted octanol–water partition coefficient (Wildman–Crippen LogP) is 3.10. The van der Waals surface area contributed by atoms with E-state index in [0.717, 1.165) is 16.6 Å². The number of fused-ring (bicyclic) bond motifs is 1. The van der Waals surface area contributed by atoms with Gasteiger partial charge in [-0.1, -0.05) is 29.4 Å². The van der Waals surface area contributed by atoms with Crippen molar-refractivity contribution in [1.29, 1.82) is 0 Å². The molecule has 0 fully saturated rings. The van der Waals surface area contributed by atoms with Crippen LogP contribution in [0.5, 0.6) is 0 Å². The average molecular weight is 212 g/mol. The van der Waals surface area contributed by atoms with Crippen LogP contribution in [0.2, 0.25) is 0 Å². The van der Waals surface area contributed by atoms with Crippen molar-refractivity contribution in [2.75, 3.05) is 0 Å². The molecule has 3 heteroatoms. The molecule has 16 heavy (non-hydrogen) atoms. The molecule has 0 unspecified atom stereocenters. The summed E-state index contributed by atoms with van der Waals surface area (Å²) in [5.41, 5.74) is 2.36. The van der Waals surface area contributed by atoms with Crippen LogP contribution in [0.25, 0.3) is 17.0 Å². The Morgan fingerprint density at radius 2 is 2.06 bits per heavy atom. The number of oxime groups is 1. The van der Waals surface area contributed by atoms with Gasteiger partial charge in [-0.25, -0.2) is 4.98 Å². The molecule has 0 spiro atoms. The van der Waals surface area contributed by atoms with Crippen LogP contribution in [0.3, 0.4) is 0 Å². The van der Waals surface area contributed by atoms with Crippen LogP contribution in [-0.2, 0) is 0 Å². The van der Waals surface area contributed by atoms with Crippen molar-refractivity contribution >= 4 is 22.7 Å². The van der Waals surface area contributed by atoms with E-state index in [2.05, 4.69) is 10.1 Å². The first-order chi connectivity index (χ1) is 7.79. The fourth-order valence-corrected chi connectivity index (χ4v) is 1.41. The van der Waals surface area contributed by atoms with E-state index >= 15 is 0 Å². The minimum atomic E-state index is 0.551. The normalized spacial score (nSPS) is 12.4. The van der Waals surface area contributed by atoms with Crippen molar-refractivity contribution in [3.63, 3.8) is 0 Å². The Labute approximate surface area is 93.7 Å². The van der Waals surface area contributed by atoms with Crippen molar-refractivity contribution in [2.45, 2.75) is 6.92 Å². The number of hydrogen-bond donors (Lipinski definition) is 1. The quantitative estimate of drug-likeness (QED) is 0.472. The molecular weight excluding hydrogens is 200 g/mol. The molecule has 0 atom stereocenters. The van der Waals surface area contributed by atoms with Crippen LogP contribution >= 0.6 is 0 Å². The number of pyridine rings is 1. The standard InChI is InChI=1S/C13H12N2O/c1-10(15-16)6-8-12-9-7-11-4-2-3-5-13(11)14-12/h2-9,16H,1H3/b8-6+,15-10-. The Bertz CT molecular complexity index is 559. The number of para-hydroxylation sites is 1. The smallest absolute Gasteiger partial charge is 0.0765 e. The number of benzene rings is 1. The molecule has 1 aromatic carbocycles. The fourth-order valence-electron chi connectivity index (χ4n) is 1.41. The zero-order valence-electron chi connectivity index (χ0n) is 8.96. The van der Waals surface area contributed by atoms with Crippen molar-refractivity contribution < 1.29 is 5.21 Å². The van der Waals surface area contributed by atoms with Gasteiger partial charge >= 0.3 is 0 Å². The molecule has 0 aliphatic carbocycles. The van der Waals surface area contributed by atoms with Crippen LogP contribution in [-0.4, -0.2) is 15.9 Å². The van der Waals surface area contributed by atoms with Gasteiger partial charge in [0.15, 0.2) is 0 Å². The lowest BCUT2D eigenvalue weighted by Gasteiger charge is -1.97. The second-order valence-corrected chi connectivity index (χ2v) is 3.50. The Morgan fingerprint density at radius 3 is 2.88 bits per heavy atom. The molecule has 2 aromatic rings. The van der Waals surface area contributed by atoms with Gasteiger partial charge in [-0.2, -0.15) is 0 Å². The van der Waals surface area contributed by atoms with Gasteiger partial charge in [0.05, 0.1) is 16.9 Å². The Hall–Kier alpha value is -2.16. The molecule has 1 heterocycles. The summed E-state index contributed by atoms with van der Waals surface area (Å²) < 4.78 is 0. The van der Waals surface area contributed by atoms with E-state index in [9.17, 15) is 0 Å². The third-order valence-electron chi connectivity index (χ3n) is 2.27. The zero-order chi connectivity index (χ0) is 11.4. The van der Waals surface area contributed by atoms with Gasteiger partial charge in [-0.05, 0) is 31.2 Å². The zero-order valence-corrected chi connectivity index (χ0v) is 8.96. The average Bonchev–Trinajstić information content (AvgIpc) is 2.35. The van der Waals surface area contributed by atoms with E-state index in [0.29, 0.717) is 5.71 Å². The SMILES string of the molecule is CC(/C=C/c1ccc2ccccc2n1)=N/O. The largest absolute Gasteiger partial charge is 0.411 e. The molecule has 3 nitrogen and oxygen atoms in total. The highest BCUT2D eigenvalue weighted by molar-refractivity contribution is 5.95. The molecule has 80 valence electrons. The molecule has 0 aliphatic heterocycles. The minimum Gasteiger partial charge on any atom is -0.411 e. The molecule has 0 radical (unpaired) electrons. The molecule has 0 saturated carbocycles. The maximum atomic E-state index is 8.50. The predicted molar refractivity (Wildman–Crippen MR) is 65.7 cm³/mol. The molecule has 2 rings (SSSR count). The topological polar surface area (TPSA) is 45.5 Å². The number of hydrogen-bond acceptors (Lipinski definition) is 3. The van der Waals surface area contributed by atoms with E-state index in [1.807, 2.05) is 42.5 Å². The van der Waals surface area contributed by atoms with E-state index in [1.54, 1.807) is 13.0 Å². The fraction of sp³-hybridized carbons (Fsp3) is 0.0769. The number of rotatable bonds is 2. The van der Waals surface area contributed by atoms with E-state index < -0.39 is 0 Å².